The summed E-state index contributed by atoms with van der Waals surface area (Å²) in [5, 5.41) is 11.7. The molecular formula is C34H47N9O6S. The van der Waals surface area contributed by atoms with Crippen LogP contribution < -0.4 is 15.9 Å². The van der Waals surface area contributed by atoms with E-state index in [2.05, 4.69) is 25.5 Å². The second kappa shape index (κ2) is 17.2. The fourth-order valence-corrected chi connectivity index (χ4v) is 6.40. The van der Waals surface area contributed by atoms with Gasteiger partial charge in [0.25, 0.3) is 5.91 Å². The van der Waals surface area contributed by atoms with Gasteiger partial charge >= 0.3 is 12.1 Å². The van der Waals surface area contributed by atoms with Crippen LogP contribution in [0, 0.1) is 6.92 Å². The van der Waals surface area contributed by atoms with Gasteiger partial charge in [0.1, 0.15) is 17.0 Å². The van der Waals surface area contributed by atoms with Gasteiger partial charge in [-0.2, -0.15) is 15.2 Å². The second-order valence-corrected chi connectivity index (χ2v) is 13.8. The largest absolute Gasteiger partial charge is 0.461 e. The molecule has 15 nitrogen and oxygen atoms in total. The number of primary amides is 1. The highest BCUT2D eigenvalue weighted by atomic mass is 32.1. The number of pyridine rings is 1. The summed E-state index contributed by atoms with van der Waals surface area (Å²) in [4.78, 5) is 59.5. The maximum absolute atomic E-state index is 13.8. The fraction of sp³-hybridized carbons (Fsp3) is 0.529. The lowest BCUT2D eigenvalue weighted by Gasteiger charge is -2.19. The molecule has 0 saturated heterocycles. The number of carbonyl (C=O) groups excluding carboxylic acids is 4. The molecule has 0 radical (unpaired) electrons. The van der Waals surface area contributed by atoms with Gasteiger partial charge in [-0.3, -0.25) is 19.0 Å². The zero-order valence-corrected chi connectivity index (χ0v) is 30.5. The molecular weight excluding hydrogens is 662 g/mol. The maximum atomic E-state index is 13.8. The molecule has 270 valence electrons. The van der Waals surface area contributed by atoms with E-state index >= 15 is 0 Å². The average Bonchev–Trinajstić information content (AvgIpc) is 3.74. The van der Waals surface area contributed by atoms with E-state index in [4.69, 9.17) is 15.2 Å². The number of nitrogens with two attached hydrogens (primary N) is 1. The third-order valence-electron chi connectivity index (χ3n) is 7.60. The quantitative estimate of drug-likeness (QED) is 0.124. The number of hydrogen-bond donors (Lipinski definition) is 2. The smallest absolute Gasteiger partial charge is 0.407 e. The van der Waals surface area contributed by atoms with Crippen molar-refractivity contribution in [3.63, 3.8) is 0 Å². The zero-order chi connectivity index (χ0) is 36.4. The molecule has 50 heavy (non-hydrogen) atoms. The van der Waals surface area contributed by atoms with Crippen molar-refractivity contribution in [3.05, 3.63) is 57.5 Å². The summed E-state index contributed by atoms with van der Waals surface area (Å²) in [7, 11) is 0. The van der Waals surface area contributed by atoms with E-state index in [0.717, 1.165) is 30.5 Å². The van der Waals surface area contributed by atoms with Crippen LogP contribution in [0.3, 0.4) is 0 Å². The Labute approximate surface area is 294 Å². The lowest BCUT2D eigenvalue weighted by Crippen LogP contribution is -2.33. The van der Waals surface area contributed by atoms with Gasteiger partial charge in [-0.05, 0) is 85.8 Å². The van der Waals surface area contributed by atoms with E-state index in [1.807, 2.05) is 18.4 Å². The van der Waals surface area contributed by atoms with Gasteiger partial charge in [0.15, 0.2) is 10.4 Å². The van der Waals surface area contributed by atoms with E-state index in [9.17, 15) is 19.2 Å². The molecule has 0 saturated carbocycles. The average molecular weight is 710 g/mol. The number of unbranched alkanes of at least 4 members (excludes halogenated alkanes) is 3. The normalized spacial score (nSPS) is 12.0. The molecule has 0 aliphatic rings. The van der Waals surface area contributed by atoms with Crippen LogP contribution in [0.4, 0.5) is 4.79 Å². The van der Waals surface area contributed by atoms with Crippen molar-refractivity contribution < 1.29 is 28.7 Å². The van der Waals surface area contributed by atoms with Crippen molar-refractivity contribution in [2.75, 3.05) is 13.2 Å². The van der Waals surface area contributed by atoms with Crippen LogP contribution >= 0.6 is 11.3 Å². The Morgan fingerprint density at radius 1 is 1.00 bits per heavy atom. The maximum Gasteiger partial charge on any atom is 0.407 e. The van der Waals surface area contributed by atoms with Crippen molar-refractivity contribution in [1.82, 2.24) is 34.4 Å². The number of nitrogens with one attached hydrogen (secondary N) is 1. The molecule has 4 rings (SSSR count). The summed E-state index contributed by atoms with van der Waals surface area (Å²) in [5.41, 5.74) is 8.19. The molecule has 4 aromatic heterocycles. The van der Waals surface area contributed by atoms with Gasteiger partial charge in [-0.15, -0.1) is 0 Å². The van der Waals surface area contributed by atoms with E-state index in [1.165, 1.54) is 17.5 Å². The molecule has 0 aliphatic carbocycles. The standard InChI is InChI=1S/C34H47N9O6S/c1-7-42-27(23(21-38-42)14-10-9-12-17-43-25(18-22(3)40-43)31(46)48-8-2)30(45)39-32-41(16-13-11-15-36-33(47)49-34(4,5)6)29-26(50-32)19-24(20-37-29)28(35)44/h18-21H,7-17H2,1-6H3,(H2,35,44)(H,36,47)/b39-32-. The van der Waals surface area contributed by atoms with Gasteiger partial charge in [0.05, 0.1) is 28.8 Å². The molecule has 3 N–H and O–H groups in total. The Morgan fingerprint density at radius 3 is 2.46 bits per heavy atom. The Kier molecular flexibility index (Phi) is 13.0. The number of ether oxygens (including phenoxy) is 2. The summed E-state index contributed by atoms with van der Waals surface area (Å²) in [6, 6.07) is 3.39. The Bertz CT molecular complexity index is 1900. The first-order valence-electron chi connectivity index (χ1n) is 16.9. The number of nitrogens with zero attached hydrogens (tertiary/aromatic N) is 7. The van der Waals surface area contributed by atoms with E-state index in [0.29, 0.717) is 78.6 Å². The monoisotopic (exact) mass is 709 g/mol. The highest BCUT2D eigenvalue weighted by Crippen LogP contribution is 2.19. The van der Waals surface area contributed by atoms with E-state index in [-0.39, 0.29) is 11.5 Å². The number of hydrogen-bond acceptors (Lipinski definition) is 10. The molecule has 0 bridgehead atoms. The van der Waals surface area contributed by atoms with E-state index < -0.39 is 23.5 Å². The second-order valence-electron chi connectivity index (χ2n) is 12.8. The van der Waals surface area contributed by atoms with Crippen LogP contribution in [0.25, 0.3) is 10.3 Å². The minimum Gasteiger partial charge on any atom is -0.461 e. The van der Waals surface area contributed by atoms with Crippen LogP contribution in [0.2, 0.25) is 0 Å². The number of aryl methyl sites for hydroxylation is 5. The number of carbonyl (C=O) groups is 4. The predicted molar refractivity (Wildman–Crippen MR) is 188 cm³/mol. The molecule has 0 atom stereocenters. The summed E-state index contributed by atoms with van der Waals surface area (Å²) in [6.45, 7) is 13.2. The first-order chi connectivity index (χ1) is 23.8. The van der Waals surface area contributed by atoms with Crippen molar-refractivity contribution in [1.29, 1.82) is 0 Å². The van der Waals surface area contributed by atoms with Crippen LogP contribution in [0.15, 0.2) is 29.5 Å². The van der Waals surface area contributed by atoms with Crippen LogP contribution in [-0.2, 0) is 35.5 Å². The third-order valence-corrected chi connectivity index (χ3v) is 8.61. The van der Waals surface area contributed by atoms with Gasteiger partial charge in [0.2, 0.25) is 5.91 Å². The van der Waals surface area contributed by atoms with Crippen molar-refractivity contribution in [3.8, 4) is 0 Å². The van der Waals surface area contributed by atoms with Crippen molar-refractivity contribution in [2.45, 2.75) is 105 Å². The molecule has 0 aliphatic heterocycles. The topological polar surface area (TPSA) is 191 Å². The summed E-state index contributed by atoms with van der Waals surface area (Å²) in [6.07, 6.45) is 7.01. The highest BCUT2D eigenvalue weighted by molar-refractivity contribution is 7.16. The molecule has 3 amide bonds. The van der Waals surface area contributed by atoms with Crippen LogP contribution in [-0.4, -0.2) is 71.7 Å². The number of alkyl carbamates (subject to hydrolysis) is 1. The van der Waals surface area contributed by atoms with Crippen LogP contribution in [0.5, 0.6) is 0 Å². The third kappa shape index (κ3) is 10.1. The minimum atomic E-state index is -0.599. The number of esters is 1. The lowest BCUT2D eigenvalue weighted by molar-refractivity contribution is 0.0506. The van der Waals surface area contributed by atoms with Gasteiger partial charge in [-0.25, -0.2) is 14.6 Å². The summed E-state index contributed by atoms with van der Waals surface area (Å²) < 4.78 is 16.3. The van der Waals surface area contributed by atoms with Crippen molar-refractivity contribution >= 4 is 45.6 Å². The van der Waals surface area contributed by atoms with Gasteiger partial charge in [-0.1, -0.05) is 17.8 Å². The first-order valence-corrected chi connectivity index (χ1v) is 17.7. The fourth-order valence-electron chi connectivity index (χ4n) is 5.35. The Morgan fingerprint density at radius 2 is 1.76 bits per heavy atom. The van der Waals surface area contributed by atoms with Crippen molar-refractivity contribution in [2.24, 2.45) is 10.7 Å². The summed E-state index contributed by atoms with van der Waals surface area (Å²) in [5.74, 6) is -1.41. The first kappa shape index (κ1) is 38.0. The zero-order valence-electron chi connectivity index (χ0n) is 29.7. The highest BCUT2D eigenvalue weighted by Gasteiger charge is 2.20. The van der Waals surface area contributed by atoms with E-state index in [1.54, 1.807) is 55.4 Å². The van der Waals surface area contributed by atoms with Crippen LogP contribution in [0.1, 0.15) is 109 Å². The minimum absolute atomic E-state index is 0.261. The predicted octanol–water partition coefficient (Wildman–Crippen LogP) is 4.55. The number of aromatic nitrogens is 6. The number of fused-ring (bicyclic) bond motifs is 1. The van der Waals surface area contributed by atoms with Gasteiger partial charge < -0.3 is 25.1 Å². The molecule has 0 spiro atoms. The molecule has 0 unspecified atom stereocenters. The molecule has 0 fully saturated rings. The number of thiazole rings is 1. The summed E-state index contributed by atoms with van der Waals surface area (Å²) >= 11 is 1.25. The molecule has 16 heteroatoms. The van der Waals surface area contributed by atoms with Gasteiger partial charge in [0, 0.05) is 37.9 Å². The Hall–Kier alpha value is -4.86. The number of rotatable bonds is 16. The molecule has 4 heterocycles. The molecule has 4 aromatic rings. The number of amides is 3. The lowest BCUT2D eigenvalue weighted by atomic mass is 10.1. The molecule has 0 aromatic carbocycles. The SMILES string of the molecule is CCOC(=O)c1cc(C)nn1CCCCCc1cnn(CC)c1C(=O)/N=c1\sc2cc(C(N)=O)cnc2n1CCCCNC(=O)OC(C)(C)C. The Balaban J connectivity index is 1.48.